The fraction of sp³-hybridized carbons (Fsp3) is 0.588. The Kier molecular flexibility index (Phi) is 3.66. The molecule has 1 aromatic rings. The van der Waals surface area contributed by atoms with Crippen LogP contribution in [0.2, 0.25) is 0 Å². The number of hydrogen-bond donors (Lipinski definition) is 2. The van der Waals surface area contributed by atoms with Gasteiger partial charge in [0.15, 0.2) is 11.5 Å². The van der Waals surface area contributed by atoms with Crippen LogP contribution in [0.4, 0.5) is 0 Å². The van der Waals surface area contributed by atoms with Crippen molar-refractivity contribution in [3.63, 3.8) is 0 Å². The maximum atomic E-state index is 11.4. The van der Waals surface area contributed by atoms with Gasteiger partial charge in [-0.3, -0.25) is 4.79 Å². The third kappa shape index (κ3) is 2.66. The van der Waals surface area contributed by atoms with Crippen LogP contribution < -0.4 is 9.47 Å². The second-order valence-corrected chi connectivity index (χ2v) is 6.56. The first-order chi connectivity index (χ1) is 11.1. The monoisotopic (exact) mass is 320 g/mol. The van der Waals surface area contributed by atoms with Gasteiger partial charge in [0.2, 0.25) is 0 Å². The minimum atomic E-state index is -0.785. The lowest BCUT2D eigenvalue weighted by atomic mass is 9.87. The molecular weight excluding hydrogens is 300 g/mol. The maximum absolute atomic E-state index is 11.4. The molecule has 0 radical (unpaired) electrons. The van der Waals surface area contributed by atoms with Crippen molar-refractivity contribution in [2.24, 2.45) is 11.8 Å². The zero-order valence-electron chi connectivity index (χ0n) is 12.6. The van der Waals surface area contributed by atoms with Gasteiger partial charge >= 0.3 is 5.97 Å². The number of aliphatic hydroxyl groups is 2. The molecule has 124 valence electrons. The number of benzene rings is 1. The smallest absolute Gasteiger partial charge is 0.306 e. The number of carbonyl (C=O) groups excluding carboxylic acids is 1. The molecule has 2 heterocycles. The molecule has 1 aromatic carbocycles. The van der Waals surface area contributed by atoms with Crippen LogP contribution in [0, 0.1) is 11.8 Å². The standard InChI is InChI=1S/C17H20O6/c18-11(17-22-13-3-1-2-4-14(13)23-17)6-5-9-10-7-16(20)21-15(10)8-12(9)19/h1-4,9-12,15,17-19H,5-8H2/t9-,10-,11-,12-,15+/m1/s1. The number of ether oxygens (including phenoxy) is 3. The predicted molar refractivity (Wildman–Crippen MR) is 78.8 cm³/mol. The summed E-state index contributed by atoms with van der Waals surface area (Å²) in [4.78, 5) is 11.4. The van der Waals surface area contributed by atoms with Gasteiger partial charge in [0.25, 0.3) is 6.29 Å². The number of para-hydroxylation sites is 2. The Labute approximate surface area is 134 Å². The van der Waals surface area contributed by atoms with Crippen LogP contribution in [-0.2, 0) is 9.53 Å². The summed E-state index contributed by atoms with van der Waals surface area (Å²) >= 11 is 0. The lowest BCUT2D eigenvalue weighted by molar-refractivity contribution is -0.141. The molecule has 3 aliphatic rings. The van der Waals surface area contributed by atoms with Crippen LogP contribution in [0.5, 0.6) is 11.5 Å². The van der Waals surface area contributed by atoms with Gasteiger partial charge in [-0.1, -0.05) is 12.1 Å². The van der Waals surface area contributed by atoms with Gasteiger partial charge in [-0.2, -0.15) is 0 Å². The Bertz CT molecular complexity index is 578. The molecule has 6 heteroatoms. The van der Waals surface area contributed by atoms with Crippen LogP contribution in [-0.4, -0.2) is 40.8 Å². The molecule has 2 fully saturated rings. The first-order valence-electron chi connectivity index (χ1n) is 8.10. The minimum absolute atomic E-state index is 0.0233. The lowest BCUT2D eigenvalue weighted by Crippen LogP contribution is -2.34. The molecule has 2 N–H and O–H groups in total. The Morgan fingerprint density at radius 2 is 1.87 bits per heavy atom. The van der Waals surface area contributed by atoms with Crippen molar-refractivity contribution in [2.45, 2.75) is 50.3 Å². The summed E-state index contributed by atoms with van der Waals surface area (Å²) in [5, 5.41) is 20.5. The van der Waals surface area contributed by atoms with Crippen LogP contribution in [0.1, 0.15) is 25.7 Å². The van der Waals surface area contributed by atoms with Gasteiger partial charge < -0.3 is 24.4 Å². The first kappa shape index (κ1) is 14.8. The van der Waals surface area contributed by atoms with Crippen LogP contribution >= 0.6 is 0 Å². The highest BCUT2D eigenvalue weighted by Crippen LogP contribution is 2.44. The van der Waals surface area contributed by atoms with Crippen molar-refractivity contribution in [3.8, 4) is 11.5 Å². The molecule has 6 nitrogen and oxygen atoms in total. The van der Waals surface area contributed by atoms with Crippen molar-refractivity contribution < 1.29 is 29.2 Å². The van der Waals surface area contributed by atoms with E-state index >= 15 is 0 Å². The summed E-state index contributed by atoms with van der Waals surface area (Å²) in [5.41, 5.74) is 0. The van der Waals surface area contributed by atoms with Gasteiger partial charge in [-0.25, -0.2) is 0 Å². The Hall–Kier alpha value is -1.79. The third-order valence-corrected chi connectivity index (χ3v) is 5.13. The van der Waals surface area contributed by atoms with E-state index in [1.165, 1.54) is 0 Å². The highest BCUT2D eigenvalue weighted by atomic mass is 16.7. The Morgan fingerprint density at radius 1 is 1.17 bits per heavy atom. The molecule has 0 unspecified atom stereocenters. The number of aliphatic hydroxyl groups excluding tert-OH is 2. The SMILES string of the molecule is O=C1C[C@@H]2[C@@H](CC[C@@H](O)C3Oc4ccccc4O3)[C@H](O)C[C@@H]2O1. The quantitative estimate of drug-likeness (QED) is 0.812. The normalized spacial score (nSPS) is 33.6. The summed E-state index contributed by atoms with van der Waals surface area (Å²) in [5.74, 6) is 1.12. The lowest BCUT2D eigenvalue weighted by Gasteiger charge is -2.22. The summed E-state index contributed by atoms with van der Waals surface area (Å²) < 4.78 is 16.4. The van der Waals surface area contributed by atoms with Crippen LogP contribution in [0.25, 0.3) is 0 Å². The second kappa shape index (κ2) is 5.69. The second-order valence-electron chi connectivity index (χ2n) is 6.56. The van der Waals surface area contributed by atoms with E-state index in [0.717, 1.165) is 0 Å². The number of carbonyl (C=O) groups is 1. The van der Waals surface area contributed by atoms with Gasteiger partial charge in [0, 0.05) is 12.3 Å². The van der Waals surface area contributed by atoms with Crippen molar-refractivity contribution in [2.75, 3.05) is 0 Å². The highest BCUT2D eigenvalue weighted by Gasteiger charge is 2.49. The number of rotatable bonds is 4. The molecule has 23 heavy (non-hydrogen) atoms. The zero-order chi connectivity index (χ0) is 16.0. The van der Waals surface area contributed by atoms with E-state index < -0.39 is 18.5 Å². The average Bonchev–Trinajstić information content (AvgIpc) is 3.17. The minimum Gasteiger partial charge on any atom is -0.462 e. The van der Waals surface area contributed by atoms with E-state index in [-0.39, 0.29) is 23.9 Å². The number of esters is 1. The molecule has 0 amide bonds. The van der Waals surface area contributed by atoms with Gasteiger partial charge in [-0.15, -0.1) is 0 Å². The molecule has 0 spiro atoms. The van der Waals surface area contributed by atoms with E-state index in [1.54, 1.807) is 12.1 Å². The van der Waals surface area contributed by atoms with Crippen molar-refractivity contribution >= 4 is 5.97 Å². The van der Waals surface area contributed by atoms with Crippen LogP contribution in [0.15, 0.2) is 24.3 Å². The maximum Gasteiger partial charge on any atom is 0.306 e. The van der Waals surface area contributed by atoms with E-state index in [9.17, 15) is 15.0 Å². The van der Waals surface area contributed by atoms with E-state index in [0.29, 0.717) is 37.2 Å². The van der Waals surface area contributed by atoms with Crippen molar-refractivity contribution in [1.82, 2.24) is 0 Å². The fourth-order valence-corrected chi connectivity index (χ4v) is 3.96. The van der Waals surface area contributed by atoms with Crippen LogP contribution in [0.3, 0.4) is 0 Å². The topological polar surface area (TPSA) is 85.2 Å². The fourth-order valence-electron chi connectivity index (χ4n) is 3.96. The Morgan fingerprint density at radius 3 is 2.57 bits per heavy atom. The summed E-state index contributed by atoms with van der Waals surface area (Å²) in [6.07, 6.45) is -0.230. The largest absolute Gasteiger partial charge is 0.462 e. The van der Waals surface area contributed by atoms with E-state index in [1.807, 2.05) is 12.1 Å². The number of hydrogen-bond acceptors (Lipinski definition) is 6. The molecule has 2 aliphatic heterocycles. The zero-order valence-corrected chi connectivity index (χ0v) is 12.6. The average molecular weight is 320 g/mol. The van der Waals surface area contributed by atoms with E-state index in [2.05, 4.69) is 0 Å². The summed E-state index contributed by atoms with van der Waals surface area (Å²) in [6.45, 7) is 0. The number of fused-ring (bicyclic) bond motifs is 2. The van der Waals surface area contributed by atoms with Gasteiger partial charge in [-0.05, 0) is 30.9 Å². The molecule has 0 aromatic heterocycles. The predicted octanol–water partition coefficient (Wildman–Crippen LogP) is 1.24. The van der Waals surface area contributed by atoms with Crippen molar-refractivity contribution in [3.05, 3.63) is 24.3 Å². The third-order valence-electron chi connectivity index (χ3n) is 5.13. The molecular formula is C17H20O6. The molecule has 1 saturated heterocycles. The first-order valence-corrected chi connectivity index (χ1v) is 8.10. The highest BCUT2D eigenvalue weighted by molar-refractivity contribution is 5.72. The molecule has 0 bridgehead atoms. The van der Waals surface area contributed by atoms with Gasteiger partial charge in [0.1, 0.15) is 12.2 Å². The molecule has 1 saturated carbocycles. The van der Waals surface area contributed by atoms with Gasteiger partial charge in [0.05, 0.1) is 12.5 Å². The molecule has 1 aliphatic carbocycles. The Balaban J connectivity index is 1.34. The van der Waals surface area contributed by atoms with Crippen molar-refractivity contribution in [1.29, 1.82) is 0 Å². The molecule has 4 rings (SSSR count). The molecule has 5 atom stereocenters. The summed E-state index contributed by atoms with van der Waals surface area (Å²) in [7, 11) is 0. The van der Waals surface area contributed by atoms with E-state index in [4.69, 9.17) is 14.2 Å². The summed E-state index contributed by atoms with van der Waals surface area (Å²) in [6, 6.07) is 7.30.